The minimum atomic E-state index is -0.353. The van der Waals surface area contributed by atoms with Gasteiger partial charge >= 0.3 is 5.97 Å². The number of carbonyl (C=O) groups excluding carboxylic acids is 1. The molecular formula is C26H28N4O2. The average molecular weight is 429 g/mol. The molecule has 0 amide bonds. The smallest absolute Gasteiger partial charge is 0.338 e. The molecule has 0 saturated carbocycles. The summed E-state index contributed by atoms with van der Waals surface area (Å²) in [5.74, 6) is 1.48. The van der Waals surface area contributed by atoms with Gasteiger partial charge in [-0.25, -0.2) is 14.8 Å². The molecule has 1 saturated heterocycles. The Hall–Kier alpha value is -3.41. The quantitative estimate of drug-likeness (QED) is 0.473. The van der Waals surface area contributed by atoms with E-state index in [-0.39, 0.29) is 18.0 Å². The van der Waals surface area contributed by atoms with Gasteiger partial charge in [0, 0.05) is 24.3 Å². The Morgan fingerprint density at radius 3 is 2.47 bits per heavy atom. The maximum atomic E-state index is 12.7. The summed E-state index contributed by atoms with van der Waals surface area (Å²) >= 11 is 0. The third-order valence-corrected chi connectivity index (χ3v) is 6.72. The van der Waals surface area contributed by atoms with Crippen LogP contribution in [0.5, 0.6) is 0 Å². The van der Waals surface area contributed by atoms with Gasteiger partial charge in [0.2, 0.25) is 0 Å². The normalized spacial score (nSPS) is 20.7. The molecule has 1 fully saturated rings. The first kappa shape index (κ1) is 20.5. The van der Waals surface area contributed by atoms with E-state index in [9.17, 15) is 4.79 Å². The lowest BCUT2D eigenvalue weighted by Crippen LogP contribution is -2.34. The van der Waals surface area contributed by atoms with E-state index < -0.39 is 0 Å². The molecule has 0 unspecified atom stereocenters. The van der Waals surface area contributed by atoms with Crippen molar-refractivity contribution in [3.63, 3.8) is 0 Å². The van der Waals surface area contributed by atoms with Gasteiger partial charge in [0.15, 0.2) is 0 Å². The van der Waals surface area contributed by atoms with Crippen molar-refractivity contribution < 1.29 is 9.53 Å². The van der Waals surface area contributed by atoms with E-state index in [4.69, 9.17) is 10.5 Å². The Kier molecular flexibility index (Phi) is 5.52. The van der Waals surface area contributed by atoms with Crippen LogP contribution in [0.25, 0.3) is 0 Å². The number of hydrogen-bond donors (Lipinski definition) is 1. The number of ether oxygens (including phenoxy) is 1. The number of nitrogen functional groups attached to an aromatic ring is 1. The van der Waals surface area contributed by atoms with Crippen LogP contribution in [-0.2, 0) is 4.74 Å². The van der Waals surface area contributed by atoms with E-state index in [0.717, 1.165) is 49.4 Å². The molecule has 0 spiro atoms. The molecule has 6 nitrogen and oxygen atoms in total. The fourth-order valence-electron chi connectivity index (χ4n) is 5.00. The van der Waals surface area contributed by atoms with Crippen LogP contribution >= 0.6 is 0 Å². The van der Waals surface area contributed by atoms with Gasteiger partial charge in [-0.15, -0.1) is 0 Å². The van der Waals surface area contributed by atoms with E-state index in [1.54, 1.807) is 30.6 Å². The summed E-state index contributed by atoms with van der Waals surface area (Å²) in [7, 11) is 0. The zero-order chi connectivity index (χ0) is 22.1. The lowest BCUT2D eigenvalue weighted by atomic mass is 9.89. The van der Waals surface area contributed by atoms with Crippen LogP contribution in [0.4, 0.5) is 11.5 Å². The highest BCUT2D eigenvalue weighted by Crippen LogP contribution is 2.45. The molecule has 1 aliphatic heterocycles. The van der Waals surface area contributed by atoms with Gasteiger partial charge in [0.1, 0.15) is 18.2 Å². The third kappa shape index (κ3) is 3.93. The van der Waals surface area contributed by atoms with Crippen molar-refractivity contribution in [3.8, 4) is 0 Å². The van der Waals surface area contributed by atoms with E-state index >= 15 is 0 Å². The summed E-state index contributed by atoms with van der Waals surface area (Å²) in [6, 6.07) is 17.6. The maximum Gasteiger partial charge on any atom is 0.338 e. The van der Waals surface area contributed by atoms with Crippen LogP contribution in [0.1, 0.15) is 71.3 Å². The first-order valence-corrected chi connectivity index (χ1v) is 11.3. The minimum Gasteiger partial charge on any atom is -0.452 e. The number of carbonyl (C=O) groups is 1. The van der Waals surface area contributed by atoms with Crippen molar-refractivity contribution in [2.24, 2.45) is 0 Å². The van der Waals surface area contributed by atoms with Crippen molar-refractivity contribution in [2.45, 2.75) is 44.1 Å². The molecule has 2 atom stereocenters. The number of anilines is 2. The molecule has 5 rings (SSSR count). The average Bonchev–Trinajstić information content (AvgIpc) is 3.15. The summed E-state index contributed by atoms with van der Waals surface area (Å²) in [5, 5.41) is 0. The Morgan fingerprint density at radius 1 is 1.03 bits per heavy atom. The molecule has 6 heteroatoms. The first-order valence-electron chi connectivity index (χ1n) is 11.3. The highest BCUT2D eigenvalue weighted by molar-refractivity contribution is 5.90. The van der Waals surface area contributed by atoms with Crippen LogP contribution < -0.4 is 10.6 Å². The highest BCUT2D eigenvalue weighted by atomic mass is 16.5. The Labute approximate surface area is 188 Å². The summed E-state index contributed by atoms with van der Waals surface area (Å²) < 4.78 is 5.86. The molecule has 164 valence electrons. The summed E-state index contributed by atoms with van der Waals surface area (Å²) in [6.07, 6.45) is 4.19. The van der Waals surface area contributed by atoms with E-state index in [0.29, 0.717) is 17.2 Å². The predicted octanol–water partition coefficient (Wildman–Crippen LogP) is 4.85. The SMILES string of the molecule is C[C@@H]1C[C@H](OC(=O)c2ccc(N)cc2)c2ncnc(N3CCC(c4ccccc4)CC3)c21. The first-order chi connectivity index (χ1) is 15.6. The standard InChI is InChI=1S/C26H28N4O2/c1-17-15-22(32-26(31)20-7-9-21(27)10-8-20)24-23(17)25(29-16-28-24)30-13-11-19(12-14-30)18-5-3-2-4-6-18/h2-10,16-17,19,22H,11-15,27H2,1H3/t17-,22+/m1/s1. The van der Waals surface area contributed by atoms with Gasteiger partial charge in [0.25, 0.3) is 0 Å². The second kappa shape index (κ2) is 8.61. The molecule has 1 aromatic heterocycles. The minimum absolute atomic E-state index is 0.234. The van der Waals surface area contributed by atoms with Crippen molar-refractivity contribution in [1.82, 2.24) is 9.97 Å². The molecule has 1 aliphatic carbocycles. The molecule has 3 aromatic rings. The zero-order valence-corrected chi connectivity index (χ0v) is 18.3. The van der Waals surface area contributed by atoms with Gasteiger partial charge in [-0.2, -0.15) is 0 Å². The van der Waals surface area contributed by atoms with Crippen LogP contribution in [0.2, 0.25) is 0 Å². The lowest BCUT2D eigenvalue weighted by Gasteiger charge is -2.34. The molecule has 0 radical (unpaired) electrons. The van der Waals surface area contributed by atoms with Crippen molar-refractivity contribution in [3.05, 3.63) is 83.3 Å². The number of fused-ring (bicyclic) bond motifs is 1. The van der Waals surface area contributed by atoms with Crippen molar-refractivity contribution in [1.29, 1.82) is 0 Å². The van der Waals surface area contributed by atoms with E-state index in [2.05, 4.69) is 52.1 Å². The third-order valence-electron chi connectivity index (χ3n) is 6.72. The second-order valence-corrected chi connectivity index (χ2v) is 8.82. The fraction of sp³-hybridized carbons (Fsp3) is 0.346. The summed E-state index contributed by atoms with van der Waals surface area (Å²) in [5.41, 5.74) is 10.2. The largest absolute Gasteiger partial charge is 0.452 e. The Balaban J connectivity index is 1.32. The fourth-order valence-corrected chi connectivity index (χ4v) is 5.00. The molecule has 2 aromatic carbocycles. The van der Waals surface area contributed by atoms with E-state index in [1.807, 2.05) is 0 Å². The second-order valence-electron chi connectivity index (χ2n) is 8.82. The van der Waals surface area contributed by atoms with Crippen LogP contribution in [0.3, 0.4) is 0 Å². The van der Waals surface area contributed by atoms with Gasteiger partial charge in [-0.05, 0) is 60.9 Å². The zero-order valence-electron chi connectivity index (χ0n) is 18.3. The van der Waals surface area contributed by atoms with Crippen molar-refractivity contribution >= 4 is 17.5 Å². The number of hydrogen-bond acceptors (Lipinski definition) is 6. The Bertz CT molecular complexity index is 1090. The summed E-state index contributed by atoms with van der Waals surface area (Å²) in [6.45, 7) is 4.09. The molecule has 0 bridgehead atoms. The highest BCUT2D eigenvalue weighted by Gasteiger charge is 2.37. The number of nitrogens with two attached hydrogens (primary N) is 1. The van der Waals surface area contributed by atoms with Gasteiger partial charge in [0.05, 0.1) is 11.3 Å². The molecule has 2 aliphatic rings. The van der Waals surface area contributed by atoms with E-state index in [1.165, 1.54) is 5.56 Å². The molecule has 2 heterocycles. The van der Waals surface area contributed by atoms with Crippen LogP contribution in [0.15, 0.2) is 60.9 Å². The van der Waals surface area contributed by atoms with Crippen molar-refractivity contribution in [2.75, 3.05) is 23.7 Å². The van der Waals surface area contributed by atoms with Gasteiger partial charge in [-0.3, -0.25) is 0 Å². The maximum absolute atomic E-state index is 12.7. The van der Waals surface area contributed by atoms with Crippen LogP contribution in [0, 0.1) is 0 Å². The molecule has 32 heavy (non-hydrogen) atoms. The van der Waals surface area contributed by atoms with Gasteiger partial charge < -0.3 is 15.4 Å². The molecule has 2 N–H and O–H groups in total. The van der Waals surface area contributed by atoms with Crippen LogP contribution in [-0.4, -0.2) is 29.0 Å². The topological polar surface area (TPSA) is 81.3 Å². The molecular weight excluding hydrogens is 400 g/mol. The Morgan fingerprint density at radius 2 is 1.75 bits per heavy atom. The number of esters is 1. The predicted molar refractivity (Wildman–Crippen MR) is 125 cm³/mol. The number of benzene rings is 2. The number of nitrogens with zero attached hydrogens (tertiary/aromatic N) is 3. The van der Waals surface area contributed by atoms with Gasteiger partial charge in [-0.1, -0.05) is 37.3 Å². The lowest BCUT2D eigenvalue weighted by molar-refractivity contribution is 0.0284. The number of piperidine rings is 1. The monoisotopic (exact) mass is 428 g/mol. The number of rotatable bonds is 4. The summed E-state index contributed by atoms with van der Waals surface area (Å²) in [4.78, 5) is 24.2. The number of aromatic nitrogens is 2.